The number of urea groups is 1. The number of amides is 4. The maximum absolute atomic E-state index is 13.7. The number of hydrogen-bond acceptors (Lipinski definition) is 7. The van der Waals surface area contributed by atoms with Crippen molar-refractivity contribution >= 4 is 56.5 Å². The third kappa shape index (κ3) is 6.59. The van der Waals surface area contributed by atoms with Crippen LogP contribution in [-0.4, -0.2) is 71.4 Å². The first kappa shape index (κ1) is 30.9. The Balaban J connectivity index is 1.06. The number of thiophene rings is 1. The fraction of sp³-hybridized carbons (Fsp3) is 0.333. The number of piperidine rings is 2. The fourth-order valence-electron chi connectivity index (χ4n) is 6.65. The molecule has 1 atom stereocenters. The number of nitrogens with one attached hydrogen (secondary N) is 2. The largest absolute Gasteiger partial charge is 0.457 e. The number of anilines is 3. The summed E-state index contributed by atoms with van der Waals surface area (Å²) in [5.41, 5.74) is 2.69. The van der Waals surface area contributed by atoms with E-state index in [9.17, 15) is 14.4 Å². The highest BCUT2D eigenvalue weighted by atomic mass is 32.1. The number of carbonyl (C=O) groups excluding carboxylic acids is 3. The number of nitrogens with zero attached hydrogens (tertiary/aromatic N) is 4. The van der Waals surface area contributed by atoms with Crippen molar-refractivity contribution in [1.82, 2.24) is 20.1 Å². The molecule has 2 N–H and O–H groups in total. The second-order valence-electron chi connectivity index (χ2n) is 12.3. The molecule has 2 saturated heterocycles. The molecule has 3 aliphatic heterocycles. The number of ether oxygens (including phenoxy) is 1. The van der Waals surface area contributed by atoms with Gasteiger partial charge in [-0.2, -0.15) is 0 Å². The molecule has 47 heavy (non-hydrogen) atoms. The summed E-state index contributed by atoms with van der Waals surface area (Å²) in [6.07, 6.45) is 10.6. The van der Waals surface area contributed by atoms with E-state index >= 15 is 0 Å². The van der Waals surface area contributed by atoms with E-state index in [1.807, 2.05) is 66.4 Å². The van der Waals surface area contributed by atoms with Gasteiger partial charge in [0.15, 0.2) is 0 Å². The fourth-order valence-corrected chi connectivity index (χ4v) is 7.67. The normalized spacial score (nSPS) is 18.4. The molecule has 7 rings (SSSR count). The number of aryl methyl sites for hydroxylation is 1. The summed E-state index contributed by atoms with van der Waals surface area (Å²) in [5, 5.41) is 6.85. The van der Waals surface area contributed by atoms with Gasteiger partial charge in [0.05, 0.1) is 22.4 Å². The molecule has 10 nitrogen and oxygen atoms in total. The zero-order valence-electron chi connectivity index (χ0n) is 26.4. The van der Waals surface area contributed by atoms with Crippen LogP contribution in [0.5, 0.6) is 11.5 Å². The maximum Gasteiger partial charge on any atom is 0.331 e. The summed E-state index contributed by atoms with van der Waals surface area (Å²) in [6.45, 7) is 6.02. The van der Waals surface area contributed by atoms with Crippen LogP contribution in [0.4, 0.5) is 21.9 Å². The van der Waals surface area contributed by atoms with Crippen LogP contribution in [0.1, 0.15) is 47.3 Å². The van der Waals surface area contributed by atoms with Crippen molar-refractivity contribution in [3.8, 4) is 11.5 Å². The van der Waals surface area contributed by atoms with Crippen molar-refractivity contribution in [2.75, 3.05) is 42.9 Å². The lowest BCUT2D eigenvalue weighted by atomic mass is 10.0. The molecule has 0 saturated carbocycles. The minimum absolute atomic E-state index is 0.0194. The molecule has 2 aromatic heterocycles. The van der Waals surface area contributed by atoms with E-state index < -0.39 is 0 Å². The molecule has 4 amide bonds. The van der Waals surface area contributed by atoms with E-state index in [2.05, 4.69) is 20.5 Å². The van der Waals surface area contributed by atoms with Crippen LogP contribution < -0.4 is 20.3 Å². The van der Waals surface area contributed by atoms with E-state index in [1.54, 1.807) is 23.2 Å². The molecule has 4 aromatic rings. The Morgan fingerprint density at radius 2 is 1.85 bits per heavy atom. The number of carbonyl (C=O) groups is 3. The van der Waals surface area contributed by atoms with E-state index in [-0.39, 0.29) is 23.9 Å². The van der Waals surface area contributed by atoms with Crippen LogP contribution in [0.15, 0.2) is 72.9 Å². The number of hydrogen-bond donors (Lipinski definition) is 2. The molecule has 2 aromatic carbocycles. The Hall–Kier alpha value is -4.74. The minimum atomic E-state index is -0.358. The van der Waals surface area contributed by atoms with Crippen molar-refractivity contribution < 1.29 is 19.1 Å². The van der Waals surface area contributed by atoms with Gasteiger partial charge < -0.3 is 20.3 Å². The second-order valence-corrected chi connectivity index (χ2v) is 13.3. The molecule has 11 heteroatoms. The predicted octanol–water partition coefficient (Wildman–Crippen LogP) is 6.84. The number of likely N-dealkylation sites (tertiary alicyclic amines) is 2. The van der Waals surface area contributed by atoms with Crippen LogP contribution >= 0.6 is 11.3 Å². The van der Waals surface area contributed by atoms with Gasteiger partial charge in [0, 0.05) is 37.9 Å². The van der Waals surface area contributed by atoms with Crippen LogP contribution in [0.2, 0.25) is 0 Å². The summed E-state index contributed by atoms with van der Waals surface area (Å²) >= 11 is 1.26. The van der Waals surface area contributed by atoms with E-state index in [0.29, 0.717) is 45.6 Å². The number of pyridine rings is 1. The lowest BCUT2D eigenvalue weighted by Crippen LogP contribution is -2.49. The molecule has 3 aliphatic rings. The van der Waals surface area contributed by atoms with E-state index in [1.165, 1.54) is 30.6 Å². The van der Waals surface area contributed by atoms with Gasteiger partial charge in [-0.05, 0) is 87.7 Å². The summed E-state index contributed by atoms with van der Waals surface area (Å²) in [7, 11) is 0. The van der Waals surface area contributed by atoms with Crippen molar-refractivity contribution in [3.63, 3.8) is 0 Å². The van der Waals surface area contributed by atoms with Crippen LogP contribution in [0, 0.1) is 6.92 Å². The zero-order valence-corrected chi connectivity index (χ0v) is 27.2. The van der Waals surface area contributed by atoms with Crippen LogP contribution in [0.25, 0.3) is 10.2 Å². The third-order valence-electron chi connectivity index (χ3n) is 8.98. The highest BCUT2D eigenvalue weighted by Gasteiger charge is 2.34. The van der Waals surface area contributed by atoms with Gasteiger partial charge in [0.2, 0.25) is 5.91 Å². The number of benzene rings is 2. The topological polar surface area (TPSA) is 107 Å². The molecule has 1 unspecified atom stereocenters. The van der Waals surface area contributed by atoms with Gasteiger partial charge >= 0.3 is 6.03 Å². The molecule has 0 bridgehead atoms. The van der Waals surface area contributed by atoms with E-state index in [0.717, 1.165) is 49.2 Å². The van der Waals surface area contributed by atoms with Gasteiger partial charge in [-0.1, -0.05) is 30.7 Å². The third-order valence-corrected chi connectivity index (χ3v) is 10.1. The van der Waals surface area contributed by atoms with Gasteiger partial charge in [0.1, 0.15) is 21.2 Å². The molecule has 0 radical (unpaired) electrons. The predicted molar refractivity (Wildman–Crippen MR) is 185 cm³/mol. The molecular weight excluding hydrogens is 613 g/mol. The monoisotopic (exact) mass is 650 g/mol. The van der Waals surface area contributed by atoms with Crippen molar-refractivity contribution in [2.45, 2.75) is 45.1 Å². The van der Waals surface area contributed by atoms with E-state index in [4.69, 9.17) is 4.74 Å². The van der Waals surface area contributed by atoms with Gasteiger partial charge in [-0.15, -0.1) is 11.3 Å². The molecule has 0 aliphatic carbocycles. The zero-order chi connectivity index (χ0) is 32.3. The van der Waals surface area contributed by atoms with Crippen LogP contribution in [0.3, 0.4) is 0 Å². The molecule has 242 valence electrons. The molecular formula is C36H38N6O4S. The molecule has 2 fully saturated rings. The minimum Gasteiger partial charge on any atom is -0.457 e. The van der Waals surface area contributed by atoms with Gasteiger partial charge in [0.25, 0.3) is 5.91 Å². The second kappa shape index (κ2) is 13.5. The average molecular weight is 651 g/mol. The Labute approximate surface area is 278 Å². The SMILES string of the molecule is Cc1cc(Oc2ccccc2)ccc1N1C(=O)Nc2c(C(=O)NC3CCCN(C(=O)C=CCN4CCCCC4)C3)sc3nccc1c23. The number of aromatic nitrogens is 1. The first-order valence-electron chi connectivity index (χ1n) is 16.3. The summed E-state index contributed by atoms with van der Waals surface area (Å²) in [5.74, 6) is 1.10. The smallest absolute Gasteiger partial charge is 0.331 e. The number of rotatable bonds is 8. The van der Waals surface area contributed by atoms with Gasteiger partial charge in [-0.25, -0.2) is 9.78 Å². The highest BCUT2D eigenvalue weighted by molar-refractivity contribution is 7.21. The lowest BCUT2D eigenvalue weighted by molar-refractivity contribution is -0.127. The van der Waals surface area contributed by atoms with Crippen molar-refractivity contribution in [2.24, 2.45) is 0 Å². The highest BCUT2D eigenvalue weighted by Crippen LogP contribution is 2.46. The maximum atomic E-state index is 13.7. The van der Waals surface area contributed by atoms with Crippen molar-refractivity contribution in [3.05, 3.63) is 83.4 Å². The Morgan fingerprint density at radius 1 is 1.02 bits per heavy atom. The molecule has 5 heterocycles. The Kier molecular flexibility index (Phi) is 8.90. The first-order chi connectivity index (χ1) is 22.9. The molecule has 0 spiro atoms. The van der Waals surface area contributed by atoms with Gasteiger partial charge in [-0.3, -0.25) is 19.4 Å². The summed E-state index contributed by atoms with van der Waals surface area (Å²) in [4.78, 5) is 51.7. The average Bonchev–Trinajstić information content (AvgIpc) is 3.46. The Morgan fingerprint density at radius 3 is 2.66 bits per heavy atom. The summed E-state index contributed by atoms with van der Waals surface area (Å²) < 4.78 is 6.00. The number of para-hydroxylation sites is 1. The Bertz CT molecular complexity index is 1830. The lowest BCUT2D eigenvalue weighted by Gasteiger charge is -2.33. The quantitative estimate of drug-likeness (QED) is 0.202. The van der Waals surface area contributed by atoms with Crippen LogP contribution in [-0.2, 0) is 4.79 Å². The standard InChI is InChI=1S/C36H38N6O4S/c1-24-22-27(46-26-11-4-2-5-12-26)14-15-28(24)42-29-16-17-37-35-31(29)32(39-36(42)45)33(47-35)34(44)38-25-10-8-21-41(23-25)30(43)13-9-20-40-18-6-3-7-19-40/h2,4-5,9,11-17,22,25H,3,6-8,10,18-21,23H2,1H3,(H,38,44)(H,39,45). The van der Waals surface area contributed by atoms with Crippen molar-refractivity contribution in [1.29, 1.82) is 0 Å². The first-order valence-corrected chi connectivity index (χ1v) is 17.1. The summed E-state index contributed by atoms with van der Waals surface area (Å²) in [6, 6.07) is 16.4.